The van der Waals surface area contributed by atoms with E-state index in [1.54, 1.807) is 7.05 Å². The third kappa shape index (κ3) is 5.28. The van der Waals surface area contributed by atoms with Crippen molar-refractivity contribution in [3.05, 3.63) is 65.6 Å². The van der Waals surface area contributed by atoms with Crippen LogP contribution in [-0.2, 0) is 13.0 Å². The van der Waals surface area contributed by atoms with E-state index in [2.05, 4.69) is 51.9 Å². The Labute approximate surface area is 172 Å². The van der Waals surface area contributed by atoms with Gasteiger partial charge in [-0.05, 0) is 49.4 Å². The van der Waals surface area contributed by atoms with Crippen molar-refractivity contribution in [2.24, 2.45) is 10.9 Å². The van der Waals surface area contributed by atoms with E-state index in [9.17, 15) is 0 Å². The molecule has 0 spiro atoms. The minimum absolute atomic E-state index is 0.675. The lowest BCUT2D eigenvalue weighted by Crippen LogP contribution is -2.38. The monoisotopic (exact) mass is 391 g/mol. The minimum atomic E-state index is 0.675. The van der Waals surface area contributed by atoms with Crippen LogP contribution in [0.2, 0.25) is 0 Å². The maximum Gasteiger partial charge on any atom is 0.191 e. The highest BCUT2D eigenvalue weighted by Gasteiger charge is 2.22. The highest BCUT2D eigenvalue weighted by Crippen LogP contribution is 2.30. The second-order valence-electron chi connectivity index (χ2n) is 7.67. The van der Waals surface area contributed by atoms with Crippen molar-refractivity contribution in [2.45, 2.75) is 32.7 Å². The molecule has 0 atom stereocenters. The van der Waals surface area contributed by atoms with Gasteiger partial charge >= 0.3 is 0 Å². The Morgan fingerprint density at radius 2 is 2.14 bits per heavy atom. The Morgan fingerprint density at radius 1 is 1.24 bits per heavy atom. The standard InChI is InChI=1S/C23H29N5O/c1-17-6-9-19(21(13-17)29-16-18-7-8-18)14-26-23(24-2)25-11-10-20-15-28-12-4-3-5-22(28)27-20/h3-6,9,12-13,15,18H,7-8,10-11,14,16H2,1-2H3,(H2,24,25,26). The largest absolute Gasteiger partial charge is 0.493 e. The highest BCUT2D eigenvalue weighted by molar-refractivity contribution is 5.79. The molecular weight excluding hydrogens is 362 g/mol. The summed E-state index contributed by atoms with van der Waals surface area (Å²) in [5.74, 6) is 2.50. The summed E-state index contributed by atoms with van der Waals surface area (Å²) in [7, 11) is 1.79. The van der Waals surface area contributed by atoms with Gasteiger partial charge in [0.15, 0.2) is 5.96 Å². The Morgan fingerprint density at radius 3 is 2.93 bits per heavy atom. The van der Waals surface area contributed by atoms with Crippen LogP contribution in [0.5, 0.6) is 5.75 Å². The van der Waals surface area contributed by atoms with Crippen LogP contribution in [0.4, 0.5) is 0 Å². The number of rotatable bonds is 8. The summed E-state index contributed by atoms with van der Waals surface area (Å²) in [4.78, 5) is 8.97. The number of guanidine groups is 1. The fourth-order valence-corrected chi connectivity index (χ4v) is 3.25. The first-order chi connectivity index (χ1) is 14.2. The number of benzene rings is 1. The normalized spacial score (nSPS) is 14.2. The fraction of sp³-hybridized carbons (Fsp3) is 0.391. The zero-order chi connectivity index (χ0) is 20.1. The summed E-state index contributed by atoms with van der Waals surface area (Å²) in [5.41, 5.74) is 4.41. The van der Waals surface area contributed by atoms with E-state index in [1.807, 2.05) is 28.8 Å². The van der Waals surface area contributed by atoms with Crippen LogP contribution in [-0.4, -0.2) is 35.5 Å². The second kappa shape index (κ2) is 8.99. The minimum Gasteiger partial charge on any atom is -0.493 e. The van der Waals surface area contributed by atoms with E-state index in [1.165, 1.54) is 18.4 Å². The summed E-state index contributed by atoms with van der Waals surface area (Å²) in [6, 6.07) is 12.4. The molecule has 4 rings (SSSR count). The molecule has 1 saturated carbocycles. The van der Waals surface area contributed by atoms with Crippen LogP contribution in [0.3, 0.4) is 0 Å². The number of fused-ring (bicyclic) bond motifs is 1. The van der Waals surface area contributed by atoms with Crippen molar-refractivity contribution in [1.29, 1.82) is 0 Å². The molecule has 2 heterocycles. The fourth-order valence-electron chi connectivity index (χ4n) is 3.25. The van der Waals surface area contributed by atoms with Crippen molar-refractivity contribution in [3.8, 4) is 5.75 Å². The molecule has 29 heavy (non-hydrogen) atoms. The van der Waals surface area contributed by atoms with Gasteiger partial charge in [-0.1, -0.05) is 18.2 Å². The Balaban J connectivity index is 1.29. The van der Waals surface area contributed by atoms with Gasteiger partial charge in [0.1, 0.15) is 11.4 Å². The first kappa shape index (κ1) is 19.3. The number of ether oxygens (including phenoxy) is 1. The zero-order valence-electron chi connectivity index (χ0n) is 17.2. The van der Waals surface area contributed by atoms with Crippen LogP contribution in [0, 0.1) is 12.8 Å². The molecule has 0 unspecified atom stereocenters. The number of imidazole rings is 1. The predicted molar refractivity (Wildman–Crippen MR) is 116 cm³/mol. The molecule has 0 amide bonds. The number of nitrogens with zero attached hydrogens (tertiary/aromatic N) is 3. The maximum absolute atomic E-state index is 6.06. The summed E-state index contributed by atoms with van der Waals surface area (Å²) in [6.45, 7) is 4.36. The SMILES string of the molecule is CN=C(NCCc1cn2ccccc2n1)NCc1ccc(C)cc1OCC1CC1. The highest BCUT2D eigenvalue weighted by atomic mass is 16.5. The van der Waals surface area contributed by atoms with E-state index >= 15 is 0 Å². The molecule has 152 valence electrons. The molecule has 6 nitrogen and oxygen atoms in total. The molecular formula is C23H29N5O. The van der Waals surface area contributed by atoms with Gasteiger partial charge in [-0.2, -0.15) is 0 Å². The van der Waals surface area contributed by atoms with E-state index < -0.39 is 0 Å². The average Bonchev–Trinajstić information content (AvgIpc) is 3.47. The predicted octanol–water partition coefficient (Wildman–Crippen LogP) is 3.34. The first-order valence-electron chi connectivity index (χ1n) is 10.3. The maximum atomic E-state index is 6.06. The van der Waals surface area contributed by atoms with E-state index in [4.69, 9.17) is 4.74 Å². The molecule has 0 aliphatic heterocycles. The van der Waals surface area contributed by atoms with Gasteiger partial charge in [-0.25, -0.2) is 4.98 Å². The number of aliphatic imine (C=N–C) groups is 1. The van der Waals surface area contributed by atoms with Gasteiger partial charge in [0.2, 0.25) is 0 Å². The first-order valence-corrected chi connectivity index (χ1v) is 10.3. The number of aromatic nitrogens is 2. The van der Waals surface area contributed by atoms with Crippen LogP contribution in [0.1, 0.15) is 29.7 Å². The number of hydrogen-bond acceptors (Lipinski definition) is 3. The van der Waals surface area contributed by atoms with Gasteiger partial charge in [-0.15, -0.1) is 0 Å². The third-order valence-electron chi connectivity index (χ3n) is 5.15. The summed E-state index contributed by atoms with van der Waals surface area (Å²) >= 11 is 0. The molecule has 0 radical (unpaired) electrons. The Kier molecular flexibility index (Phi) is 5.98. The molecule has 1 aromatic carbocycles. The second-order valence-corrected chi connectivity index (χ2v) is 7.67. The van der Waals surface area contributed by atoms with E-state index in [-0.39, 0.29) is 0 Å². The molecule has 1 fully saturated rings. The lowest BCUT2D eigenvalue weighted by atomic mass is 10.1. The summed E-state index contributed by atoms with van der Waals surface area (Å²) in [6.07, 6.45) is 7.51. The lowest BCUT2D eigenvalue weighted by molar-refractivity contribution is 0.296. The van der Waals surface area contributed by atoms with Crippen LogP contribution >= 0.6 is 0 Å². The quantitative estimate of drug-likeness (QED) is 0.457. The van der Waals surface area contributed by atoms with Crippen molar-refractivity contribution in [2.75, 3.05) is 20.2 Å². The van der Waals surface area contributed by atoms with Gasteiger partial charge in [0.25, 0.3) is 0 Å². The molecule has 2 N–H and O–H groups in total. The number of pyridine rings is 1. The van der Waals surface area contributed by atoms with Crippen LogP contribution < -0.4 is 15.4 Å². The smallest absolute Gasteiger partial charge is 0.191 e. The van der Waals surface area contributed by atoms with Gasteiger partial charge in [0.05, 0.1) is 12.3 Å². The van der Waals surface area contributed by atoms with Gasteiger partial charge in [-0.3, -0.25) is 4.99 Å². The molecule has 6 heteroatoms. The third-order valence-corrected chi connectivity index (χ3v) is 5.15. The topological polar surface area (TPSA) is 63.0 Å². The Bertz CT molecular complexity index is 957. The van der Waals surface area contributed by atoms with E-state index in [0.29, 0.717) is 6.54 Å². The van der Waals surface area contributed by atoms with Crippen LogP contribution in [0.15, 0.2) is 53.8 Å². The van der Waals surface area contributed by atoms with Gasteiger partial charge < -0.3 is 19.8 Å². The molecule has 1 aliphatic rings. The van der Waals surface area contributed by atoms with Gasteiger partial charge in [0, 0.05) is 44.5 Å². The summed E-state index contributed by atoms with van der Waals surface area (Å²) in [5, 5.41) is 6.77. The molecule has 0 saturated heterocycles. The average molecular weight is 392 g/mol. The van der Waals surface area contributed by atoms with Crippen molar-refractivity contribution < 1.29 is 4.74 Å². The molecule has 1 aliphatic carbocycles. The van der Waals surface area contributed by atoms with Crippen molar-refractivity contribution in [3.63, 3.8) is 0 Å². The zero-order valence-corrected chi connectivity index (χ0v) is 17.2. The lowest BCUT2D eigenvalue weighted by Gasteiger charge is -2.15. The summed E-state index contributed by atoms with van der Waals surface area (Å²) < 4.78 is 8.11. The van der Waals surface area contributed by atoms with Crippen molar-refractivity contribution >= 4 is 11.6 Å². The Hall–Kier alpha value is -3.02. The number of aryl methyl sites for hydroxylation is 1. The van der Waals surface area contributed by atoms with Crippen LogP contribution in [0.25, 0.3) is 5.65 Å². The molecule has 2 aromatic heterocycles. The molecule has 3 aromatic rings. The number of nitrogens with one attached hydrogen (secondary N) is 2. The molecule has 0 bridgehead atoms. The number of hydrogen-bond donors (Lipinski definition) is 2. The van der Waals surface area contributed by atoms with Crippen molar-refractivity contribution in [1.82, 2.24) is 20.0 Å². The van der Waals surface area contributed by atoms with E-state index in [0.717, 1.165) is 54.1 Å².